The van der Waals surface area contributed by atoms with Crippen molar-refractivity contribution in [3.8, 4) is 0 Å². The number of nitrogens with zero attached hydrogens (tertiary/aromatic N) is 1. The molecule has 0 heterocycles. The molecule has 1 aromatic rings. The van der Waals surface area contributed by atoms with Crippen LogP contribution in [0.3, 0.4) is 0 Å². The molecular weight excluding hydrogens is 214 g/mol. The van der Waals surface area contributed by atoms with Gasteiger partial charge in [-0.05, 0) is 5.56 Å². The number of ether oxygens (including phenoxy) is 2. The third-order valence-corrected chi connectivity index (χ3v) is 2.03. The summed E-state index contributed by atoms with van der Waals surface area (Å²) in [6.07, 6.45) is -0.940. The van der Waals surface area contributed by atoms with E-state index in [1.165, 1.54) is 32.4 Å². The lowest BCUT2D eigenvalue weighted by molar-refractivity contribution is -0.385. The van der Waals surface area contributed by atoms with Crippen molar-refractivity contribution < 1.29 is 19.2 Å². The molecule has 0 fully saturated rings. The molecule has 6 heteroatoms. The Hall–Kier alpha value is -1.95. The van der Waals surface area contributed by atoms with Crippen LogP contribution in [0.4, 0.5) is 5.69 Å². The van der Waals surface area contributed by atoms with Gasteiger partial charge in [0.05, 0.1) is 12.0 Å². The number of benzene rings is 1. The Kier molecular flexibility index (Phi) is 3.96. The fourth-order valence-electron chi connectivity index (χ4n) is 1.28. The van der Waals surface area contributed by atoms with Crippen LogP contribution in [-0.4, -0.2) is 25.1 Å². The molecule has 0 saturated heterocycles. The van der Waals surface area contributed by atoms with E-state index >= 15 is 0 Å². The van der Waals surface area contributed by atoms with Crippen molar-refractivity contribution in [1.29, 1.82) is 0 Å². The maximum absolute atomic E-state index is 11.3. The maximum Gasteiger partial charge on any atom is 0.339 e. The summed E-state index contributed by atoms with van der Waals surface area (Å²) in [5.41, 5.74) is 0.298. The lowest BCUT2D eigenvalue weighted by Crippen LogP contribution is -2.16. The molecule has 16 heavy (non-hydrogen) atoms. The first kappa shape index (κ1) is 12.1. The van der Waals surface area contributed by atoms with Crippen molar-refractivity contribution in [2.45, 2.75) is 6.10 Å². The Morgan fingerprint density at radius 2 is 2.12 bits per heavy atom. The minimum absolute atomic E-state index is 0.0940. The van der Waals surface area contributed by atoms with Gasteiger partial charge in [-0.25, -0.2) is 4.79 Å². The van der Waals surface area contributed by atoms with Crippen molar-refractivity contribution in [2.75, 3.05) is 14.2 Å². The molecule has 1 atom stereocenters. The zero-order chi connectivity index (χ0) is 12.1. The highest BCUT2D eigenvalue weighted by atomic mass is 16.6. The quantitative estimate of drug-likeness (QED) is 0.440. The first-order valence-corrected chi connectivity index (χ1v) is 4.45. The zero-order valence-corrected chi connectivity index (χ0v) is 8.88. The monoisotopic (exact) mass is 225 g/mol. The molecule has 0 bridgehead atoms. The van der Waals surface area contributed by atoms with Crippen molar-refractivity contribution in [2.24, 2.45) is 0 Å². The normalized spacial score (nSPS) is 11.9. The van der Waals surface area contributed by atoms with Gasteiger partial charge in [-0.2, -0.15) is 0 Å². The molecule has 0 aliphatic heterocycles. The van der Waals surface area contributed by atoms with Crippen molar-refractivity contribution in [3.63, 3.8) is 0 Å². The van der Waals surface area contributed by atoms with Crippen LogP contribution >= 0.6 is 0 Å². The SMILES string of the molecule is COC(=O)[C@H](OC)c1cccc([N+](=O)[O-])c1. The number of esters is 1. The lowest BCUT2D eigenvalue weighted by Gasteiger charge is -2.12. The average Bonchev–Trinajstić information content (AvgIpc) is 2.30. The minimum atomic E-state index is -0.940. The van der Waals surface area contributed by atoms with Crippen molar-refractivity contribution >= 4 is 11.7 Å². The number of carbonyl (C=O) groups excluding carboxylic acids is 1. The summed E-state index contributed by atoms with van der Waals surface area (Å²) in [5.74, 6) is -0.594. The molecule has 0 saturated carbocycles. The van der Waals surface area contributed by atoms with Crippen LogP contribution in [0.1, 0.15) is 11.7 Å². The lowest BCUT2D eigenvalue weighted by atomic mass is 10.1. The van der Waals surface area contributed by atoms with Gasteiger partial charge in [-0.15, -0.1) is 0 Å². The highest BCUT2D eigenvalue weighted by Crippen LogP contribution is 2.22. The predicted octanol–water partition coefficient (Wildman–Crippen LogP) is 1.46. The van der Waals surface area contributed by atoms with E-state index in [0.29, 0.717) is 5.56 Å². The van der Waals surface area contributed by atoms with E-state index in [1.807, 2.05) is 0 Å². The molecule has 0 aliphatic carbocycles. The molecule has 0 N–H and O–H groups in total. The van der Waals surface area contributed by atoms with Crippen LogP contribution < -0.4 is 0 Å². The highest BCUT2D eigenvalue weighted by molar-refractivity contribution is 5.76. The zero-order valence-electron chi connectivity index (χ0n) is 8.88. The fourth-order valence-corrected chi connectivity index (χ4v) is 1.28. The van der Waals surface area contributed by atoms with Gasteiger partial charge < -0.3 is 9.47 Å². The fraction of sp³-hybridized carbons (Fsp3) is 0.300. The minimum Gasteiger partial charge on any atom is -0.467 e. The molecule has 1 rings (SSSR count). The first-order valence-electron chi connectivity index (χ1n) is 4.45. The molecular formula is C10H11NO5. The summed E-state index contributed by atoms with van der Waals surface area (Å²) >= 11 is 0. The number of methoxy groups -OCH3 is 2. The second kappa shape index (κ2) is 5.22. The van der Waals surface area contributed by atoms with Crippen LogP contribution in [0.15, 0.2) is 24.3 Å². The Balaban J connectivity index is 3.06. The first-order chi connectivity index (χ1) is 7.60. The Bertz CT molecular complexity index is 404. The predicted molar refractivity (Wildman–Crippen MR) is 54.9 cm³/mol. The largest absolute Gasteiger partial charge is 0.467 e. The molecule has 0 aromatic heterocycles. The second-order valence-electron chi connectivity index (χ2n) is 2.99. The number of nitro groups is 1. The molecule has 1 aromatic carbocycles. The van der Waals surface area contributed by atoms with Gasteiger partial charge in [-0.3, -0.25) is 10.1 Å². The second-order valence-corrected chi connectivity index (χ2v) is 2.99. The Labute approximate surface area is 91.9 Å². The molecule has 0 amide bonds. The van der Waals surface area contributed by atoms with Crippen LogP contribution in [0.2, 0.25) is 0 Å². The van der Waals surface area contributed by atoms with Gasteiger partial charge >= 0.3 is 5.97 Å². The number of carbonyl (C=O) groups is 1. The van der Waals surface area contributed by atoms with Gasteiger partial charge in [0.1, 0.15) is 0 Å². The third kappa shape index (κ3) is 2.54. The number of rotatable bonds is 4. The standard InChI is InChI=1S/C10H11NO5/c1-15-9(10(12)16-2)7-4-3-5-8(6-7)11(13)14/h3-6,9H,1-2H3/t9-/m1/s1. The van der Waals surface area contributed by atoms with E-state index in [1.54, 1.807) is 6.07 Å². The summed E-state index contributed by atoms with van der Waals surface area (Å²) in [7, 11) is 2.56. The van der Waals surface area contributed by atoms with Crippen LogP contribution in [0, 0.1) is 10.1 Å². The number of non-ortho nitro benzene ring substituents is 1. The van der Waals surface area contributed by atoms with Gasteiger partial charge in [0, 0.05) is 19.2 Å². The topological polar surface area (TPSA) is 78.7 Å². The van der Waals surface area contributed by atoms with Crippen LogP contribution in [0.25, 0.3) is 0 Å². The Morgan fingerprint density at radius 1 is 1.44 bits per heavy atom. The highest BCUT2D eigenvalue weighted by Gasteiger charge is 2.22. The Morgan fingerprint density at radius 3 is 2.62 bits per heavy atom. The van der Waals surface area contributed by atoms with E-state index in [0.717, 1.165) is 0 Å². The summed E-state index contributed by atoms with van der Waals surface area (Å²) in [6, 6.07) is 5.68. The summed E-state index contributed by atoms with van der Waals surface area (Å²) in [5, 5.41) is 10.6. The number of nitro benzene ring substituents is 1. The summed E-state index contributed by atoms with van der Waals surface area (Å²) < 4.78 is 9.45. The summed E-state index contributed by atoms with van der Waals surface area (Å²) in [6.45, 7) is 0. The molecule has 0 radical (unpaired) electrons. The molecule has 0 unspecified atom stereocenters. The van der Waals surface area contributed by atoms with Crippen molar-refractivity contribution in [3.05, 3.63) is 39.9 Å². The van der Waals surface area contributed by atoms with E-state index in [2.05, 4.69) is 4.74 Å². The maximum atomic E-state index is 11.3. The van der Waals surface area contributed by atoms with Gasteiger partial charge in [0.25, 0.3) is 5.69 Å². The molecule has 0 spiro atoms. The molecule has 86 valence electrons. The van der Waals surface area contributed by atoms with Crippen molar-refractivity contribution in [1.82, 2.24) is 0 Å². The molecule has 6 nitrogen and oxygen atoms in total. The molecule has 0 aliphatic rings. The smallest absolute Gasteiger partial charge is 0.339 e. The van der Waals surface area contributed by atoms with Gasteiger partial charge in [0.2, 0.25) is 0 Å². The van der Waals surface area contributed by atoms with E-state index in [9.17, 15) is 14.9 Å². The summed E-state index contributed by atoms with van der Waals surface area (Å²) in [4.78, 5) is 21.3. The van der Waals surface area contributed by atoms with Crippen LogP contribution in [0.5, 0.6) is 0 Å². The average molecular weight is 225 g/mol. The van der Waals surface area contributed by atoms with E-state index in [4.69, 9.17) is 4.74 Å². The van der Waals surface area contributed by atoms with E-state index in [-0.39, 0.29) is 5.69 Å². The number of hydrogen-bond donors (Lipinski definition) is 0. The van der Waals surface area contributed by atoms with Gasteiger partial charge in [0.15, 0.2) is 6.10 Å². The third-order valence-electron chi connectivity index (χ3n) is 2.03. The van der Waals surface area contributed by atoms with Gasteiger partial charge in [-0.1, -0.05) is 12.1 Å². The van der Waals surface area contributed by atoms with Crippen LogP contribution in [-0.2, 0) is 14.3 Å². The number of hydrogen-bond acceptors (Lipinski definition) is 5. The van der Waals surface area contributed by atoms with E-state index < -0.39 is 17.0 Å².